The Kier molecular flexibility index (Phi) is 4.27. The first-order valence-electron chi connectivity index (χ1n) is 8.18. The van der Waals surface area contributed by atoms with E-state index in [1.165, 1.54) is 5.57 Å². The van der Waals surface area contributed by atoms with Crippen LogP contribution >= 0.6 is 0 Å². The zero-order valence-corrected chi connectivity index (χ0v) is 15.5. The van der Waals surface area contributed by atoms with Gasteiger partial charge in [-0.1, -0.05) is 41.5 Å². The van der Waals surface area contributed by atoms with Gasteiger partial charge in [0.15, 0.2) is 0 Å². The lowest BCUT2D eigenvalue weighted by Gasteiger charge is -2.46. The SMILES string of the molecule is CC1=C[C@]2(C)O[C@H]1C[C@@H]2O[Si](C(C)C)(C(C)C)C(C)C. The third-order valence-corrected chi connectivity index (χ3v) is 11.6. The number of hydrogen-bond acceptors (Lipinski definition) is 2. The molecule has 0 amide bonds. The summed E-state index contributed by atoms with van der Waals surface area (Å²) in [5, 5.41) is 0. The molecule has 0 aromatic carbocycles. The van der Waals surface area contributed by atoms with Gasteiger partial charge in [-0.15, -0.1) is 0 Å². The molecule has 2 rings (SSSR count). The van der Waals surface area contributed by atoms with Crippen LogP contribution in [0, 0.1) is 0 Å². The summed E-state index contributed by atoms with van der Waals surface area (Å²) in [4.78, 5) is 0. The molecule has 3 heteroatoms. The number of hydrogen-bond donors (Lipinski definition) is 0. The van der Waals surface area contributed by atoms with Gasteiger partial charge in [0.05, 0.1) is 12.2 Å². The van der Waals surface area contributed by atoms with Crippen molar-refractivity contribution < 1.29 is 9.16 Å². The Morgan fingerprint density at radius 3 is 1.95 bits per heavy atom. The van der Waals surface area contributed by atoms with Crippen LogP contribution in [0.15, 0.2) is 11.6 Å². The summed E-state index contributed by atoms with van der Waals surface area (Å²) in [5.41, 5.74) is 3.10. The van der Waals surface area contributed by atoms with Crippen LogP contribution in [0.3, 0.4) is 0 Å². The fourth-order valence-electron chi connectivity index (χ4n) is 4.63. The molecule has 3 atom stereocenters. The highest BCUT2D eigenvalue weighted by atomic mass is 28.4. The summed E-state index contributed by atoms with van der Waals surface area (Å²) in [7, 11) is -1.81. The van der Waals surface area contributed by atoms with E-state index in [0.717, 1.165) is 6.42 Å². The van der Waals surface area contributed by atoms with E-state index in [-0.39, 0.29) is 11.7 Å². The van der Waals surface area contributed by atoms with Crippen molar-refractivity contribution in [2.24, 2.45) is 0 Å². The Labute approximate surface area is 126 Å². The predicted molar refractivity (Wildman–Crippen MR) is 87.6 cm³/mol. The van der Waals surface area contributed by atoms with Crippen LogP contribution in [0.4, 0.5) is 0 Å². The van der Waals surface area contributed by atoms with E-state index in [1.54, 1.807) is 0 Å². The lowest BCUT2D eigenvalue weighted by molar-refractivity contribution is -0.00618. The molecule has 0 radical (unpaired) electrons. The third kappa shape index (κ3) is 2.32. The van der Waals surface area contributed by atoms with Crippen molar-refractivity contribution in [1.29, 1.82) is 0 Å². The molecular formula is C17H32O2Si. The van der Waals surface area contributed by atoms with Gasteiger partial charge in [-0.3, -0.25) is 0 Å². The van der Waals surface area contributed by atoms with Crippen molar-refractivity contribution in [1.82, 2.24) is 0 Å². The van der Waals surface area contributed by atoms with Crippen molar-refractivity contribution in [2.45, 2.75) is 96.2 Å². The van der Waals surface area contributed by atoms with Crippen molar-refractivity contribution in [3.63, 3.8) is 0 Å². The van der Waals surface area contributed by atoms with Crippen molar-refractivity contribution >= 4 is 8.32 Å². The molecule has 116 valence electrons. The molecule has 2 heterocycles. The molecule has 0 aromatic rings. The fraction of sp³-hybridized carbons (Fsp3) is 0.882. The van der Waals surface area contributed by atoms with Gasteiger partial charge >= 0.3 is 0 Å². The first-order valence-corrected chi connectivity index (χ1v) is 10.3. The highest BCUT2D eigenvalue weighted by Gasteiger charge is 2.55. The molecule has 2 bridgehead atoms. The molecule has 2 aliphatic rings. The smallest absolute Gasteiger partial charge is 0.200 e. The monoisotopic (exact) mass is 296 g/mol. The molecule has 0 saturated carbocycles. The average molecular weight is 297 g/mol. The van der Waals surface area contributed by atoms with E-state index in [9.17, 15) is 0 Å². The molecule has 0 N–H and O–H groups in total. The molecule has 1 fully saturated rings. The van der Waals surface area contributed by atoms with Gasteiger partial charge in [0, 0.05) is 6.42 Å². The van der Waals surface area contributed by atoms with Gasteiger partial charge in [-0.2, -0.15) is 0 Å². The second-order valence-electron chi connectivity index (χ2n) is 7.84. The van der Waals surface area contributed by atoms with Gasteiger partial charge < -0.3 is 9.16 Å². The maximum Gasteiger partial charge on any atom is 0.200 e. The van der Waals surface area contributed by atoms with E-state index in [1.807, 2.05) is 0 Å². The Morgan fingerprint density at radius 2 is 1.65 bits per heavy atom. The summed E-state index contributed by atoms with van der Waals surface area (Å²) in [6.07, 6.45) is 3.88. The summed E-state index contributed by atoms with van der Waals surface area (Å²) >= 11 is 0. The molecule has 0 aromatic heterocycles. The molecule has 1 saturated heterocycles. The molecule has 2 aliphatic heterocycles. The third-order valence-electron chi connectivity index (χ3n) is 5.54. The Morgan fingerprint density at radius 1 is 1.15 bits per heavy atom. The molecule has 20 heavy (non-hydrogen) atoms. The minimum Gasteiger partial charge on any atom is -0.410 e. The Balaban J connectivity index is 2.27. The predicted octanol–water partition coefficient (Wildman–Crippen LogP) is 5.05. The van der Waals surface area contributed by atoms with Gasteiger partial charge in [0.2, 0.25) is 8.32 Å². The quantitative estimate of drug-likeness (QED) is 0.522. The number of ether oxygens (including phenoxy) is 1. The van der Waals surface area contributed by atoms with Crippen LogP contribution in [-0.4, -0.2) is 26.1 Å². The zero-order chi connectivity index (χ0) is 15.3. The Bertz CT molecular complexity index is 378. The first kappa shape index (κ1) is 16.3. The van der Waals surface area contributed by atoms with Crippen LogP contribution in [-0.2, 0) is 9.16 Å². The van der Waals surface area contributed by atoms with Crippen LogP contribution in [0.5, 0.6) is 0 Å². The maximum atomic E-state index is 6.94. The molecule has 2 nitrogen and oxygen atoms in total. The van der Waals surface area contributed by atoms with Crippen molar-refractivity contribution in [3.8, 4) is 0 Å². The normalized spacial score (nSPS) is 33.6. The minimum absolute atomic E-state index is 0.189. The van der Waals surface area contributed by atoms with Crippen LogP contribution in [0.2, 0.25) is 16.6 Å². The van der Waals surface area contributed by atoms with E-state index in [2.05, 4.69) is 61.5 Å². The van der Waals surface area contributed by atoms with Gasteiger partial charge in [0.25, 0.3) is 0 Å². The second-order valence-corrected chi connectivity index (χ2v) is 13.2. The largest absolute Gasteiger partial charge is 0.410 e. The molecular weight excluding hydrogens is 264 g/mol. The van der Waals surface area contributed by atoms with Crippen LogP contribution in [0.1, 0.15) is 61.8 Å². The summed E-state index contributed by atoms with van der Waals surface area (Å²) in [6, 6.07) is 0. The molecule has 0 aliphatic carbocycles. The first-order chi connectivity index (χ1) is 9.13. The minimum atomic E-state index is -1.81. The highest BCUT2D eigenvalue weighted by molar-refractivity contribution is 6.77. The molecule has 0 unspecified atom stereocenters. The Hall–Kier alpha value is -0.123. The maximum absolute atomic E-state index is 6.94. The van der Waals surface area contributed by atoms with Gasteiger partial charge in [0.1, 0.15) is 5.60 Å². The second kappa shape index (κ2) is 5.26. The summed E-state index contributed by atoms with van der Waals surface area (Å²) in [5.74, 6) is 0. The number of rotatable bonds is 5. The average Bonchev–Trinajstić information content (AvgIpc) is 2.75. The zero-order valence-electron chi connectivity index (χ0n) is 14.5. The van der Waals surface area contributed by atoms with Gasteiger partial charge in [-0.25, -0.2) is 0 Å². The van der Waals surface area contributed by atoms with E-state index >= 15 is 0 Å². The van der Waals surface area contributed by atoms with Gasteiger partial charge in [-0.05, 0) is 42.1 Å². The summed E-state index contributed by atoms with van der Waals surface area (Å²) in [6.45, 7) is 18.5. The standard InChI is InChI=1S/C17H32O2Si/c1-11(2)20(12(3)4,13(5)6)19-16-9-15-14(7)10-17(16,8)18-15/h10-13,15-16H,9H2,1-8H3/t15-,16-,17-/m0/s1. The van der Waals surface area contributed by atoms with E-state index < -0.39 is 8.32 Å². The van der Waals surface area contributed by atoms with E-state index in [0.29, 0.717) is 22.7 Å². The summed E-state index contributed by atoms with van der Waals surface area (Å²) < 4.78 is 13.1. The fourth-order valence-corrected chi connectivity index (χ4v) is 10.3. The topological polar surface area (TPSA) is 18.5 Å². The van der Waals surface area contributed by atoms with Crippen molar-refractivity contribution in [2.75, 3.05) is 0 Å². The van der Waals surface area contributed by atoms with Crippen LogP contribution < -0.4 is 0 Å². The lowest BCUT2D eigenvalue weighted by atomic mass is 9.90. The van der Waals surface area contributed by atoms with Crippen LogP contribution in [0.25, 0.3) is 0 Å². The highest BCUT2D eigenvalue weighted by Crippen LogP contribution is 2.49. The lowest BCUT2D eigenvalue weighted by Crippen LogP contribution is -2.53. The molecule has 0 spiro atoms. The van der Waals surface area contributed by atoms with E-state index in [4.69, 9.17) is 9.16 Å². The number of fused-ring (bicyclic) bond motifs is 2. The van der Waals surface area contributed by atoms with Crippen molar-refractivity contribution in [3.05, 3.63) is 11.6 Å².